The lowest BCUT2D eigenvalue weighted by atomic mass is 10.2. The lowest BCUT2D eigenvalue weighted by Crippen LogP contribution is -2.37. The van der Waals surface area contributed by atoms with Gasteiger partial charge in [-0.3, -0.25) is 4.90 Å². The number of hydrogen-bond acceptors (Lipinski definition) is 2. The summed E-state index contributed by atoms with van der Waals surface area (Å²) in [4.78, 5) is 2.37. The van der Waals surface area contributed by atoms with E-state index in [0.717, 1.165) is 24.7 Å². The smallest absolute Gasteiger partial charge is 0.0434 e. The van der Waals surface area contributed by atoms with Crippen LogP contribution >= 0.6 is 23.2 Å². The molecule has 0 aromatic carbocycles. The summed E-state index contributed by atoms with van der Waals surface area (Å²) < 4.78 is 0. The predicted octanol–water partition coefficient (Wildman–Crippen LogP) is 1.99. The van der Waals surface area contributed by atoms with Crippen molar-refractivity contribution < 1.29 is 0 Å². The quantitative estimate of drug-likeness (QED) is 0.784. The highest BCUT2D eigenvalue weighted by Gasteiger charge is 2.23. The molecule has 76 valence electrons. The second-order valence-electron chi connectivity index (χ2n) is 3.38. The van der Waals surface area contributed by atoms with Crippen molar-refractivity contribution in [1.82, 2.24) is 10.2 Å². The van der Waals surface area contributed by atoms with Crippen LogP contribution in [-0.4, -0.2) is 37.6 Å². The average molecular weight is 223 g/mol. The molecule has 1 fully saturated rings. The lowest BCUT2D eigenvalue weighted by molar-refractivity contribution is 0.274. The van der Waals surface area contributed by atoms with E-state index in [-0.39, 0.29) is 0 Å². The number of likely N-dealkylation sites (tertiary alicyclic amines) is 1. The molecule has 13 heavy (non-hydrogen) atoms. The number of halogens is 2. The molecule has 0 aliphatic carbocycles. The van der Waals surface area contributed by atoms with Crippen molar-refractivity contribution in [2.24, 2.45) is 0 Å². The highest BCUT2D eigenvalue weighted by Crippen LogP contribution is 2.19. The Hall–Kier alpha value is 0.240. The molecular weight excluding hydrogens is 207 g/mol. The molecule has 1 saturated heterocycles. The van der Waals surface area contributed by atoms with E-state index in [0.29, 0.717) is 6.04 Å². The van der Waals surface area contributed by atoms with Crippen molar-refractivity contribution >= 4 is 23.2 Å². The molecule has 0 amide bonds. The molecule has 1 aliphatic rings. The monoisotopic (exact) mass is 222 g/mol. The van der Waals surface area contributed by atoms with Crippen molar-refractivity contribution in [3.05, 3.63) is 10.6 Å². The Morgan fingerprint density at radius 1 is 1.69 bits per heavy atom. The SMILES string of the molecule is CNCC1CCCN1CC(Cl)=CCl. The number of hydrogen-bond donors (Lipinski definition) is 1. The van der Waals surface area contributed by atoms with Gasteiger partial charge < -0.3 is 5.32 Å². The number of nitrogens with zero attached hydrogens (tertiary/aromatic N) is 1. The highest BCUT2D eigenvalue weighted by atomic mass is 35.5. The Balaban J connectivity index is 2.39. The normalized spacial score (nSPS) is 25.5. The van der Waals surface area contributed by atoms with Gasteiger partial charge in [0.25, 0.3) is 0 Å². The van der Waals surface area contributed by atoms with Gasteiger partial charge in [-0.25, -0.2) is 0 Å². The molecule has 2 nitrogen and oxygen atoms in total. The Morgan fingerprint density at radius 2 is 2.46 bits per heavy atom. The summed E-state index contributed by atoms with van der Waals surface area (Å²) in [5, 5.41) is 3.92. The first-order chi connectivity index (χ1) is 6.27. The first-order valence-corrected chi connectivity index (χ1v) is 5.42. The van der Waals surface area contributed by atoms with Gasteiger partial charge in [0.05, 0.1) is 0 Å². The van der Waals surface area contributed by atoms with E-state index in [1.807, 2.05) is 7.05 Å². The summed E-state index contributed by atoms with van der Waals surface area (Å²) in [5.41, 5.74) is 1.45. The molecule has 0 aromatic heterocycles. The minimum absolute atomic E-state index is 0.621. The van der Waals surface area contributed by atoms with Crippen LogP contribution in [-0.2, 0) is 0 Å². The molecule has 1 unspecified atom stereocenters. The number of rotatable bonds is 4. The molecule has 0 spiro atoms. The molecule has 0 bridgehead atoms. The van der Waals surface area contributed by atoms with E-state index in [9.17, 15) is 0 Å². The van der Waals surface area contributed by atoms with Crippen LogP contribution in [0.5, 0.6) is 0 Å². The molecule has 1 N–H and O–H groups in total. The zero-order chi connectivity index (χ0) is 9.68. The van der Waals surface area contributed by atoms with Gasteiger partial charge in [-0.15, -0.1) is 0 Å². The maximum absolute atomic E-state index is 5.88. The molecule has 0 radical (unpaired) electrons. The lowest BCUT2D eigenvalue weighted by Gasteiger charge is -2.23. The van der Waals surface area contributed by atoms with E-state index < -0.39 is 0 Å². The van der Waals surface area contributed by atoms with Crippen molar-refractivity contribution in [3.63, 3.8) is 0 Å². The molecule has 1 atom stereocenters. The van der Waals surface area contributed by atoms with Gasteiger partial charge in [0.2, 0.25) is 0 Å². The largest absolute Gasteiger partial charge is 0.318 e. The van der Waals surface area contributed by atoms with Gasteiger partial charge in [-0.1, -0.05) is 23.2 Å². The van der Waals surface area contributed by atoms with Gasteiger partial charge in [0.15, 0.2) is 0 Å². The summed E-state index contributed by atoms with van der Waals surface area (Å²) in [7, 11) is 1.98. The molecule has 1 aliphatic heterocycles. The van der Waals surface area contributed by atoms with E-state index in [4.69, 9.17) is 23.2 Å². The van der Waals surface area contributed by atoms with Crippen LogP contribution in [0.4, 0.5) is 0 Å². The topological polar surface area (TPSA) is 15.3 Å². The maximum Gasteiger partial charge on any atom is 0.0434 e. The van der Waals surface area contributed by atoms with Gasteiger partial charge in [-0.05, 0) is 26.4 Å². The van der Waals surface area contributed by atoms with Crippen molar-refractivity contribution in [2.45, 2.75) is 18.9 Å². The molecule has 0 aromatic rings. The molecule has 1 rings (SSSR count). The predicted molar refractivity (Wildman–Crippen MR) is 58.3 cm³/mol. The van der Waals surface area contributed by atoms with Crippen LogP contribution in [0.25, 0.3) is 0 Å². The van der Waals surface area contributed by atoms with Gasteiger partial charge in [0, 0.05) is 29.7 Å². The fourth-order valence-corrected chi connectivity index (χ4v) is 2.02. The third-order valence-electron chi connectivity index (χ3n) is 2.41. The minimum atomic E-state index is 0.621. The van der Waals surface area contributed by atoms with Crippen molar-refractivity contribution in [1.29, 1.82) is 0 Å². The van der Waals surface area contributed by atoms with E-state index in [1.54, 1.807) is 0 Å². The van der Waals surface area contributed by atoms with Crippen LogP contribution < -0.4 is 5.32 Å². The zero-order valence-corrected chi connectivity index (χ0v) is 9.41. The second-order valence-corrected chi connectivity index (χ2v) is 4.08. The van der Waals surface area contributed by atoms with Crippen LogP contribution in [0.2, 0.25) is 0 Å². The summed E-state index contributed by atoms with van der Waals surface area (Å²) in [6.07, 6.45) is 2.52. The summed E-state index contributed by atoms with van der Waals surface area (Å²) in [6, 6.07) is 0.621. The molecule has 0 saturated carbocycles. The minimum Gasteiger partial charge on any atom is -0.318 e. The Labute approximate surface area is 89.9 Å². The molecule has 4 heteroatoms. The summed E-state index contributed by atoms with van der Waals surface area (Å²) >= 11 is 11.4. The van der Waals surface area contributed by atoms with E-state index in [2.05, 4.69) is 10.2 Å². The average Bonchev–Trinajstić information content (AvgIpc) is 2.54. The highest BCUT2D eigenvalue weighted by molar-refractivity contribution is 6.36. The van der Waals surface area contributed by atoms with Gasteiger partial charge in [0.1, 0.15) is 0 Å². The van der Waals surface area contributed by atoms with E-state index in [1.165, 1.54) is 18.4 Å². The number of likely N-dealkylation sites (N-methyl/N-ethyl adjacent to an activating group) is 1. The van der Waals surface area contributed by atoms with E-state index >= 15 is 0 Å². The fraction of sp³-hybridized carbons (Fsp3) is 0.778. The summed E-state index contributed by atoms with van der Waals surface area (Å²) in [6.45, 7) is 2.96. The Morgan fingerprint density at radius 3 is 3.08 bits per heavy atom. The Bertz CT molecular complexity index is 182. The third-order valence-corrected chi connectivity index (χ3v) is 3.02. The summed E-state index contributed by atoms with van der Waals surface area (Å²) in [5.74, 6) is 0. The van der Waals surface area contributed by atoms with Crippen molar-refractivity contribution in [3.8, 4) is 0 Å². The Kier molecular flexibility index (Phi) is 5.10. The van der Waals surface area contributed by atoms with Crippen LogP contribution in [0.3, 0.4) is 0 Å². The molecule has 1 heterocycles. The van der Waals surface area contributed by atoms with Gasteiger partial charge >= 0.3 is 0 Å². The van der Waals surface area contributed by atoms with Crippen LogP contribution in [0.1, 0.15) is 12.8 Å². The standard InChI is InChI=1S/C9H16Cl2N2/c1-12-6-9-3-2-4-13(9)7-8(11)5-10/h5,9,12H,2-4,6-7H2,1H3. The first-order valence-electron chi connectivity index (χ1n) is 4.61. The number of nitrogens with one attached hydrogen (secondary N) is 1. The second kappa shape index (κ2) is 5.86. The first kappa shape index (κ1) is 11.3. The maximum atomic E-state index is 5.88. The van der Waals surface area contributed by atoms with Crippen molar-refractivity contribution in [2.75, 3.05) is 26.7 Å². The van der Waals surface area contributed by atoms with Crippen LogP contribution in [0, 0.1) is 0 Å². The molecular formula is C9H16Cl2N2. The fourth-order valence-electron chi connectivity index (χ4n) is 1.80. The third kappa shape index (κ3) is 3.47. The zero-order valence-electron chi connectivity index (χ0n) is 7.89. The van der Waals surface area contributed by atoms with Crippen LogP contribution in [0.15, 0.2) is 10.6 Å². The van der Waals surface area contributed by atoms with Gasteiger partial charge in [-0.2, -0.15) is 0 Å².